The number of nitrogens with one attached hydrogen (secondary N) is 2. The van der Waals surface area contributed by atoms with Crippen molar-refractivity contribution < 1.29 is 19.4 Å². The summed E-state index contributed by atoms with van der Waals surface area (Å²) in [5.41, 5.74) is 0. The third kappa shape index (κ3) is 5.02. The first-order chi connectivity index (χ1) is 10.0. The zero-order chi connectivity index (χ0) is 15.2. The molecule has 2 rings (SSSR count). The number of amides is 2. The van der Waals surface area contributed by atoms with E-state index in [1.807, 2.05) is 24.4 Å². The van der Waals surface area contributed by atoms with Crippen LogP contribution in [-0.2, 0) is 16.0 Å². The van der Waals surface area contributed by atoms with Gasteiger partial charge in [-0.25, -0.2) is 9.59 Å². The van der Waals surface area contributed by atoms with E-state index in [1.54, 1.807) is 11.3 Å². The smallest absolute Gasteiger partial charge is 0.332 e. The molecule has 2 heterocycles. The average molecular weight is 312 g/mol. The first-order valence-corrected chi connectivity index (χ1v) is 7.87. The monoisotopic (exact) mass is 312 g/mol. The lowest BCUT2D eigenvalue weighted by Gasteiger charge is -2.16. The maximum Gasteiger partial charge on any atom is 0.332 e. The first kappa shape index (κ1) is 15.8. The summed E-state index contributed by atoms with van der Waals surface area (Å²) in [6.45, 7) is 2.28. The number of ether oxygens (including phenoxy) is 1. The van der Waals surface area contributed by atoms with Crippen molar-refractivity contribution in [3.8, 4) is 0 Å². The molecule has 0 aliphatic carbocycles. The van der Waals surface area contributed by atoms with Gasteiger partial charge in [0, 0.05) is 23.9 Å². The Bertz CT molecular complexity index is 477. The van der Waals surface area contributed by atoms with Crippen LogP contribution in [0.4, 0.5) is 4.79 Å². The van der Waals surface area contributed by atoms with Crippen molar-refractivity contribution in [1.29, 1.82) is 0 Å². The lowest BCUT2D eigenvalue weighted by Crippen LogP contribution is -2.44. The van der Waals surface area contributed by atoms with Gasteiger partial charge in [0.05, 0.1) is 6.10 Å². The van der Waals surface area contributed by atoms with Gasteiger partial charge in [-0.3, -0.25) is 0 Å². The third-order valence-electron chi connectivity index (χ3n) is 3.34. The third-order valence-corrected chi connectivity index (χ3v) is 4.24. The van der Waals surface area contributed by atoms with Crippen molar-refractivity contribution in [3.63, 3.8) is 0 Å². The molecule has 0 saturated carbocycles. The molecule has 3 N–H and O–H groups in total. The van der Waals surface area contributed by atoms with Crippen molar-refractivity contribution in [1.82, 2.24) is 10.6 Å². The second-order valence-electron chi connectivity index (χ2n) is 5.20. The second-order valence-corrected chi connectivity index (χ2v) is 6.23. The van der Waals surface area contributed by atoms with E-state index in [1.165, 1.54) is 4.88 Å². The van der Waals surface area contributed by atoms with Crippen LogP contribution in [0.2, 0.25) is 0 Å². The van der Waals surface area contributed by atoms with Gasteiger partial charge in [-0.2, -0.15) is 0 Å². The van der Waals surface area contributed by atoms with Gasteiger partial charge in [-0.1, -0.05) is 6.07 Å². The summed E-state index contributed by atoms with van der Waals surface area (Å²) >= 11 is 1.67. The number of hydrogen-bond acceptors (Lipinski definition) is 4. The molecule has 7 heteroatoms. The highest BCUT2D eigenvalue weighted by molar-refractivity contribution is 7.09. The number of carboxylic acid groups (broad SMARTS) is 1. The zero-order valence-corrected chi connectivity index (χ0v) is 12.7. The van der Waals surface area contributed by atoms with Crippen LogP contribution in [0.5, 0.6) is 0 Å². The van der Waals surface area contributed by atoms with Gasteiger partial charge in [0.25, 0.3) is 0 Å². The Kier molecular flexibility index (Phi) is 5.58. The van der Waals surface area contributed by atoms with Gasteiger partial charge < -0.3 is 20.5 Å². The van der Waals surface area contributed by atoms with Crippen LogP contribution in [0.15, 0.2) is 17.5 Å². The van der Waals surface area contributed by atoms with E-state index < -0.39 is 12.1 Å². The molecule has 3 atom stereocenters. The summed E-state index contributed by atoms with van der Waals surface area (Å²) in [6, 6.07) is 3.82. The molecule has 21 heavy (non-hydrogen) atoms. The van der Waals surface area contributed by atoms with Crippen molar-refractivity contribution in [3.05, 3.63) is 22.4 Å². The number of thiophene rings is 1. The van der Waals surface area contributed by atoms with Crippen LogP contribution < -0.4 is 10.6 Å². The topological polar surface area (TPSA) is 87.7 Å². The van der Waals surface area contributed by atoms with Crippen LogP contribution >= 0.6 is 11.3 Å². The lowest BCUT2D eigenvalue weighted by atomic mass is 10.2. The van der Waals surface area contributed by atoms with Crippen LogP contribution in [0.25, 0.3) is 0 Å². The van der Waals surface area contributed by atoms with Gasteiger partial charge in [0.15, 0.2) is 6.10 Å². The molecule has 1 aliphatic rings. The zero-order valence-electron chi connectivity index (χ0n) is 11.9. The highest BCUT2D eigenvalue weighted by atomic mass is 32.1. The van der Waals surface area contributed by atoms with E-state index in [2.05, 4.69) is 10.6 Å². The summed E-state index contributed by atoms with van der Waals surface area (Å²) in [4.78, 5) is 23.7. The van der Waals surface area contributed by atoms with Gasteiger partial charge in [0.1, 0.15) is 0 Å². The Morgan fingerprint density at radius 2 is 2.33 bits per heavy atom. The van der Waals surface area contributed by atoms with E-state index in [-0.39, 0.29) is 18.2 Å². The van der Waals surface area contributed by atoms with Crippen molar-refractivity contribution in [2.75, 3.05) is 6.54 Å². The van der Waals surface area contributed by atoms with Crippen molar-refractivity contribution >= 4 is 23.3 Å². The lowest BCUT2D eigenvalue weighted by molar-refractivity contribution is -0.149. The Labute approximate surface area is 127 Å². The number of carbonyl (C=O) groups excluding carboxylic acids is 1. The van der Waals surface area contributed by atoms with Gasteiger partial charge in [0.2, 0.25) is 0 Å². The van der Waals surface area contributed by atoms with Crippen LogP contribution in [0.1, 0.15) is 24.6 Å². The van der Waals surface area contributed by atoms with Crippen molar-refractivity contribution in [2.24, 2.45) is 0 Å². The largest absolute Gasteiger partial charge is 0.479 e. The number of hydrogen-bond donors (Lipinski definition) is 3. The minimum Gasteiger partial charge on any atom is -0.479 e. The number of carboxylic acids is 1. The fourth-order valence-electron chi connectivity index (χ4n) is 2.30. The summed E-state index contributed by atoms with van der Waals surface area (Å²) in [5, 5.41) is 16.4. The number of carbonyl (C=O) groups is 2. The minimum atomic E-state index is -0.938. The van der Waals surface area contributed by atoms with Gasteiger partial charge in [-0.15, -0.1) is 11.3 Å². The summed E-state index contributed by atoms with van der Waals surface area (Å²) < 4.78 is 5.32. The molecule has 0 spiro atoms. The molecular weight excluding hydrogens is 292 g/mol. The Hall–Kier alpha value is -1.60. The maximum atomic E-state index is 11.8. The van der Waals surface area contributed by atoms with Gasteiger partial charge in [-0.05, 0) is 31.2 Å². The van der Waals surface area contributed by atoms with E-state index in [9.17, 15) is 9.59 Å². The fraction of sp³-hybridized carbons (Fsp3) is 0.571. The molecule has 2 amide bonds. The predicted octanol–water partition coefficient (Wildman–Crippen LogP) is 1.61. The van der Waals surface area contributed by atoms with E-state index in [0.717, 1.165) is 6.42 Å². The predicted molar refractivity (Wildman–Crippen MR) is 79.6 cm³/mol. The second kappa shape index (κ2) is 7.42. The molecule has 0 radical (unpaired) electrons. The standard InChI is InChI=1S/C14H20N2O4S/c1-9(7-11-3-2-6-21-11)16-14(19)15-8-10-4-5-12(20-10)13(17)18/h2-3,6,9-10,12H,4-5,7-8H2,1H3,(H,17,18)(H2,15,16,19). The van der Waals surface area contributed by atoms with Crippen LogP contribution in [0, 0.1) is 0 Å². The van der Waals surface area contributed by atoms with Gasteiger partial charge >= 0.3 is 12.0 Å². The molecule has 0 aromatic carbocycles. The van der Waals surface area contributed by atoms with E-state index in [0.29, 0.717) is 19.4 Å². The molecule has 3 unspecified atom stereocenters. The number of rotatable bonds is 6. The molecule has 1 fully saturated rings. The molecular formula is C14H20N2O4S. The molecule has 1 aliphatic heterocycles. The highest BCUT2D eigenvalue weighted by Crippen LogP contribution is 2.19. The van der Waals surface area contributed by atoms with Crippen LogP contribution in [-0.4, -0.2) is 41.9 Å². The average Bonchev–Trinajstić information content (AvgIpc) is 3.06. The Morgan fingerprint density at radius 3 is 2.95 bits per heavy atom. The highest BCUT2D eigenvalue weighted by Gasteiger charge is 2.30. The normalized spacial score (nSPS) is 22.7. The molecule has 1 aromatic rings. The quantitative estimate of drug-likeness (QED) is 0.745. The molecule has 0 bridgehead atoms. The van der Waals surface area contributed by atoms with Crippen LogP contribution in [0.3, 0.4) is 0 Å². The molecule has 1 aromatic heterocycles. The summed E-state index contributed by atoms with van der Waals surface area (Å²) in [7, 11) is 0. The van der Waals surface area contributed by atoms with E-state index in [4.69, 9.17) is 9.84 Å². The SMILES string of the molecule is CC(Cc1cccs1)NC(=O)NCC1CCC(C(=O)O)O1. The summed E-state index contributed by atoms with van der Waals surface area (Å²) in [6.07, 6.45) is 0.994. The Morgan fingerprint density at radius 1 is 1.52 bits per heavy atom. The number of urea groups is 1. The molecule has 6 nitrogen and oxygen atoms in total. The fourth-order valence-corrected chi connectivity index (χ4v) is 3.14. The number of aliphatic carboxylic acids is 1. The molecule has 1 saturated heterocycles. The maximum absolute atomic E-state index is 11.8. The van der Waals surface area contributed by atoms with E-state index >= 15 is 0 Å². The Balaban J connectivity index is 1.64. The molecule has 116 valence electrons. The van der Waals surface area contributed by atoms with Crippen molar-refractivity contribution in [2.45, 2.75) is 44.4 Å². The minimum absolute atomic E-state index is 0.0416. The first-order valence-electron chi connectivity index (χ1n) is 6.99. The summed E-state index contributed by atoms with van der Waals surface area (Å²) in [5.74, 6) is -0.938.